The number of nitrogens with one attached hydrogen (secondary N) is 1. The lowest BCUT2D eigenvalue weighted by Gasteiger charge is -2.26. The first-order valence-electron chi connectivity index (χ1n) is 5.22. The molecule has 1 aliphatic heterocycles. The van der Waals surface area contributed by atoms with Gasteiger partial charge in [-0.15, -0.1) is 0 Å². The number of hydrogen-bond acceptors (Lipinski definition) is 3. The van der Waals surface area contributed by atoms with Crippen LogP contribution in [0, 0.1) is 11.8 Å². The molecule has 0 aromatic rings. The quantitative estimate of drug-likeness (QED) is 0.681. The van der Waals surface area contributed by atoms with E-state index < -0.39 is 0 Å². The number of amides is 1. The first-order chi connectivity index (χ1) is 6.75. The monoisotopic (exact) mass is 201 g/mol. The van der Waals surface area contributed by atoms with Crippen LogP contribution in [0.3, 0.4) is 0 Å². The van der Waals surface area contributed by atoms with Crippen LogP contribution in [0.15, 0.2) is 0 Å². The minimum Gasteiger partial charge on any atom is -0.395 e. The lowest BCUT2D eigenvalue weighted by atomic mass is 9.87. The molecule has 82 valence electrons. The van der Waals surface area contributed by atoms with Crippen LogP contribution in [-0.4, -0.2) is 37.4 Å². The summed E-state index contributed by atoms with van der Waals surface area (Å²) in [5, 5.41) is 11.3. The second-order valence-electron chi connectivity index (χ2n) is 3.75. The number of carbonyl (C=O) groups excluding carboxylic acids is 1. The molecule has 1 heterocycles. The van der Waals surface area contributed by atoms with Gasteiger partial charge in [-0.3, -0.25) is 4.79 Å². The van der Waals surface area contributed by atoms with E-state index in [-0.39, 0.29) is 18.4 Å². The van der Waals surface area contributed by atoms with E-state index in [0.717, 1.165) is 26.1 Å². The molecule has 0 spiro atoms. The molecule has 14 heavy (non-hydrogen) atoms. The van der Waals surface area contributed by atoms with Crippen molar-refractivity contribution in [1.29, 1.82) is 0 Å². The summed E-state index contributed by atoms with van der Waals surface area (Å²) < 4.78 is 5.24. The molecule has 1 unspecified atom stereocenters. The fourth-order valence-electron chi connectivity index (χ4n) is 1.77. The van der Waals surface area contributed by atoms with Gasteiger partial charge in [0.1, 0.15) is 0 Å². The Morgan fingerprint density at radius 1 is 1.57 bits per heavy atom. The van der Waals surface area contributed by atoms with E-state index in [0.29, 0.717) is 12.5 Å². The zero-order chi connectivity index (χ0) is 10.4. The first-order valence-corrected chi connectivity index (χ1v) is 5.22. The lowest BCUT2D eigenvalue weighted by molar-refractivity contribution is -0.127. The topological polar surface area (TPSA) is 58.6 Å². The maximum atomic E-state index is 11.5. The van der Waals surface area contributed by atoms with Crippen molar-refractivity contribution in [2.24, 2.45) is 11.8 Å². The second kappa shape index (κ2) is 5.98. The molecule has 0 aliphatic carbocycles. The Hall–Kier alpha value is -0.610. The van der Waals surface area contributed by atoms with E-state index in [9.17, 15) is 4.79 Å². The Bertz CT molecular complexity index is 178. The molecule has 1 saturated heterocycles. The van der Waals surface area contributed by atoms with E-state index in [4.69, 9.17) is 9.84 Å². The summed E-state index contributed by atoms with van der Waals surface area (Å²) in [7, 11) is 0. The van der Waals surface area contributed by atoms with Crippen molar-refractivity contribution in [2.75, 3.05) is 26.4 Å². The maximum Gasteiger partial charge on any atom is 0.223 e. The van der Waals surface area contributed by atoms with E-state index in [2.05, 4.69) is 5.32 Å². The minimum atomic E-state index is 0.00619. The van der Waals surface area contributed by atoms with Crippen molar-refractivity contribution in [3.05, 3.63) is 0 Å². The zero-order valence-electron chi connectivity index (χ0n) is 8.66. The van der Waals surface area contributed by atoms with Crippen molar-refractivity contribution >= 4 is 5.91 Å². The van der Waals surface area contributed by atoms with E-state index in [1.54, 1.807) is 0 Å². The molecular weight excluding hydrogens is 182 g/mol. The molecule has 1 rings (SSSR count). The van der Waals surface area contributed by atoms with Gasteiger partial charge in [-0.25, -0.2) is 0 Å². The molecule has 0 saturated carbocycles. The molecule has 0 aromatic carbocycles. The van der Waals surface area contributed by atoms with Crippen molar-refractivity contribution in [3.63, 3.8) is 0 Å². The minimum absolute atomic E-state index is 0.00619. The molecule has 1 aliphatic rings. The van der Waals surface area contributed by atoms with Gasteiger partial charge in [0.05, 0.1) is 6.61 Å². The fraction of sp³-hybridized carbons (Fsp3) is 0.900. The zero-order valence-corrected chi connectivity index (χ0v) is 8.66. The standard InChI is InChI=1S/C10H19NO3/c1-8(10(13)11-4-5-12)9-2-6-14-7-3-9/h8-9,12H,2-7H2,1H3,(H,11,13). The normalized spacial score (nSPS) is 20.4. The highest BCUT2D eigenvalue weighted by molar-refractivity contribution is 5.78. The third-order valence-electron chi connectivity index (χ3n) is 2.80. The number of hydrogen-bond donors (Lipinski definition) is 2. The van der Waals surface area contributed by atoms with Crippen LogP contribution >= 0.6 is 0 Å². The van der Waals surface area contributed by atoms with Gasteiger partial charge in [-0.2, -0.15) is 0 Å². The molecule has 2 N–H and O–H groups in total. The van der Waals surface area contributed by atoms with Crippen LogP contribution in [0.4, 0.5) is 0 Å². The lowest BCUT2D eigenvalue weighted by Crippen LogP contribution is -2.36. The number of aliphatic hydroxyl groups is 1. The van der Waals surface area contributed by atoms with Gasteiger partial charge < -0.3 is 15.2 Å². The Kier molecular flexibility index (Phi) is 4.90. The maximum absolute atomic E-state index is 11.5. The molecule has 0 aromatic heterocycles. The molecular formula is C10H19NO3. The molecule has 4 nitrogen and oxygen atoms in total. The summed E-state index contributed by atoms with van der Waals surface area (Å²) >= 11 is 0. The Balaban J connectivity index is 2.30. The summed E-state index contributed by atoms with van der Waals surface area (Å²) in [6.07, 6.45) is 1.93. The second-order valence-corrected chi connectivity index (χ2v) is 3.75. The molecule has 1 fully saturated rings. The van der Waals surface area contributed by atoms with Crippen LogP contribution in [0.2, 0.25) is 0 Å². The van der Waals surface area contributed by atoms with Gasteiger partial charge in [0.2, 0.25) is 5.91 Å². The first kappa shape index (κ1) is 11.5. The summed E-state index contributed by atoms with van der Waals surface area (Å²) in [5.41, 5.74) is 0. The summed E-state index contributed by atoms with van der Waals surface area (Å²) in [6.45, 7) is 3.84. The van der Waals surface area contributed by atoms with Gasteiger partial charge in [0.15, 0.2) is 0 Å². The Morgan fingerprint density at radius 2 is 2.21 bits per heavy atom. The van der Waals surface area contributed by atoms with Crippen molar-refractivity contribution < 1.29 is 14.6 Å². The average molecular weight is 201 g/mol. The molecule has 1 atom stereocenters. The largest absolute Gasteiger partial charge is 0.395 e. The van der Waals surface area contributed by atoms with Gasteiger partial charge in [0, 0.05) is 25.7 Å². The highest BCUT2D eigenvalue weighted by Gasteiger charge is 2.25. The Morgan fingerprint density at radius 3 is 2.79 bits per heavy atom. The van der Waals surface area contributed by atoms with Gasteiger partial charge in [0.25, 0.3) is 0 Å². The Labute approximate surface area is 84.6 Å². The number of carbonyl (C=O) groups is 1. The summed E-state index contributed by atoms with van der Waals surface area (Å²) in [5.74, 6) is 0.513. The van der Waals surface area contributed by atoms with Gasteiger partial charge in [-0.05, 0) is 18.8 Å². The van der Waals surface area contributed by atoms with E-state index >= 15 is 0 Å². The molecule has 0 bridgehead atoms. The number of rotatable bonds is 4. The van der Waals surface area contributed by atoms with Crippen LogP contribution in [-0.2, 0) is 9.53 Å². The van der Waals surface area contributed by atoms with Crippen molar-refractivity contribution in [3.8, 4) is 0 Å². The molecule has 1 amide bonds. The smallest absolute Gasteiger partial charge is 0.223 e. The fourth-order valence-corrected chi connectivity index (χ4v) is 1.77. The SMILES string of the molecule is CC(C(=O)NCCO)C1CCOCC1. The van der Waals surface area contributed by atoms with Crippen LogP contribution < -0.4 is 5.32 Å². The molecule has 0 radical (unpaired) electrons. The van der Waals surface area contributed by atoms with Crippen LogP contribution in [0.5, 0.6) is 0 Å². The molecule has 4 heteroatoms. The van der Waals surface area contributed by atoms with Gasteiger partial charge in [-0.1, -0.05) is 6.92 Å². The highest BCUT2D eigenvalue weighted by Crippen LogP contribution is 2.23. The van der Waals surface area contributed by atoms with Crippen LogP contribution in [0.25, 0.3) is 0 Å². The van der Waals surface area contributed by atoms with E-state index in [1.807, 2.05) is 6.92 Å². The average Bonchev–Trinajstić information content (AvgIpc) is 2.26. The van der Waals surface area contributed by atoms with E-state index in [1.165, 1.54) is 0 Å². The number of aliphatic hydroxyl groups excluding tert-OH is 1. The van der Waals surface area contributed by atoms with Gasteiger partial charge >= 0.3 is 0 Å². The van der Waals surface area contributed by atoms with Crippen LogP contribution in [0.1, 0.15) is 19.8 Å². The number of ether oxygens (including phenoxy) is 1. The van der Waals surface area contributed by atoms with Crippen molar-refractivity contribution in [1.82, 2.24) is 5.32 Å². The van der Waals surface area contributed by atoms with Crippen molar-refractivity contribution in [2.45, 2.75) is 19.8 Å². The third-order valence-corrected chi connectivity index (χ3v) is 2.80. The summed E-state index contributed by atoms with van der Waals surface area (Å²) in [6, 6.07) is 0. The highest BCUT2D eigenvalue weighted by atomic mass is 16.5. The summed E-state index contributed by atoms with van der Waals surface area (Å²) in [4.78, 5) is 11.5. The predicted molar refractivity (Wildman–Crippen MR) is 52.8 cm³/mol. The third kappa shape index (κ3) is 3.27. The predicted octanol–water partition coefficient (Wildman–Crippen LogP) is 0.158.